The number of nitrogens with zero attached hydrogens (tertiary/aromatic N) is 1. The zero-order valence-electron chi connectivity index (χ0n) is 8.47. The monoisotopic (exact) mass is 215 g/mol. The van der Waals surface area contributed by atoms with E-state index in [1.54, 1.807) is 24.3 Å². The van der Waals surface area contributed by atoms with Crippen molar-refractivity contribution in [3.05, 3.63) is 35.4 Å². The van der Waals surface area contributed by atoms with Crippen LogP contribution in [0.5, 0.6) is 0 Å². The van der Waals surface area contributed by atoms with Gasteiger partial charge >= 0.3 is 11.9 Å². The first-order chi connectivity index (χ1) is 7.70. The van der Waals surface area contributed by atoms with Crippen molar-refractivity contribution in [1.82, 2.24) is 0 Å². The van der Waals surface area contributed by atoms with Crippen LogP contribution in [0.4, 0.5) is 0 Å². The number of hydrogen-bond acceptors (Lipinski definition) is 4. The first-order valence-corrected chi connectivity index (χ1v) is 4.93. The minimum absolute atomic E-state index is 0.157. The van der Waals surface area contributed by atoms with Crippen molar-refractivity contribution in [2.45, 2.75) is 18.8 Å². The van der Waals surface area contributed by atoms with Crippen LogP contribution in [0.15, 0.2) is 24.3 Å². The highest BCUT2D eigenvalue weighted by Crippen LogP contribution is 2.30. The van der Waals surface area contributed by atoms with Crippen molar-refractivity contribution in [3.8, 4) is 6.07 Å². The fraction of sp³-hybridized carbons (Fsp3) is 0.250. The van der Waals surface area contributed by atoms with Crippen LogP contribution in [0.25, 0.3) is 0 Å². The van der Waals surface area contributed by atoms with Crippen LogP contribution in [0, 0.1) is 11.3 Å². The van der Waals surface area contributed by atoms with Crippen LogP contribution in [0.1, 0.15) is 29.9 Å². The molecule has 1 fully saturated rings. The summed E-state index contributed by atoms with van der Waals surface area (Å²) in [7, 11) is 0. The average molecular weight is 215 g/mol. The fourth-order valence-electron chi connectivity index (χ4n) is 1.86. The van der Waals surface area contributed by atoms with Crippen LogP contribution < -0.4 is 0 Å². The van der Waals surface area contributed by atoms with Crippen molar-refractivity contribution in [2.24, 2.45) is 0 Å². The Morgan fingerprint density at radius 1 is 1.19 bits per heavy atom. The fourth-order valence-corrected chi connectivity index (χ4v) is 1.86. The minimum atomic E-state index is -0.519. The highest BCUT2D eigenvalue weighted by atomic mass is 16.6. The lowest BCUT2D eigenvalue weighted by atomic mass is 9.88. The molecule has 16 heavy (non-hydrogen) atoms. The lowest BCUT2D eigenvalue weighted by Crippen LogP contribution is -2.24. The Balaban J connectivity index is 2.33. The van der Waals surface area contributed by atoms with Crippen molar-refractivity contribution in [2.75, 3.05) is 0 Å². The predicted octanol–water partition coefficient (Wildman–Crippen LogP) is 1.51. The summed E-state index contributed by atoms with van der Waals surface area (Å²) in [6.45, 7) is 0. The van der Waals surface area contributed by atoms with Gasteiger partial charge in [0, 0.05) is 5.92 Å². The van der Waals surface area contributed by atoms with Crippen LogP contribution in [0.2, 0.25) is 0 Å². The summed E-state index contributed by atoms with van der Waals surface area (Å²) in [4.78, 5) is 22.3. The number of esters is 2. The second-order valence-corrected chi connectivity index (χ2v) is 3.65. The first-order valence-electron chi connectivity index (χ1n) is 4.93. The molecule has 1 aliphatic heterocycles. The lowest BCUT2D eigenvalue weighted by molar-refractivity contribution is -0.163. The van der Waals surface area contributed by atoms with E-state index in [0.29, 0.717) is 5.56 Å². The number of carbonyl (C=O) groups excluding carboxylic acids is 2. The van der Waals surface area contributed by atoms with Crippen LogP contribution >= 0.6 is 0 Å². The van der Waals surface area contributed by atoms with Gasteiger partial charge in [-0.25, -0.2) is 0 Å². The van der Waals surface area contributed by atoms with Crippen molar-refractivity contribution >= 4 is 11.9 Å². The molecule has 1 aliphatic rings. The van der Waals surface area contributed by atoms with Crippen LogP contribution in [-0.4, -0.2) is 11.9 Å². The Labute approximate surface area is 92.4 Å². The summed E-state index contributed by atoms with van der Waals surface area (Å²) in [5.41, 5.74) is 1.25. The highest BCUT2D eigenvalue weighted by Gasteiger charge is 2.29. The number of hydrogen-bond donors (Lipinski definition) is 0. The average Bonchev–Trinajstić information content (AvgIpc) is 2.27. The minimum Gasteiger partial charge on any atom is -0.393 e. The summed E-state index contributed by atoms with van der Waals surface area (Å²) in [5, 5.41) is 8.93. The van der Waals surface area contributed by atoms with Gasteiger partial charge in [0.05, 0.1) is 24.5 Å². The predicted molar refractivity (Wildman–Crippen MR) is 54.2 cm³/mol. The van der Waals surface area contributed by atoms with Crippen molar-refractivity contribution in [1.29, 1.82) is 5.26 Å². The molecule has 1 heterocycles. The van der Waals surface area contributed by atoms with E-state index in [0.717, 1.165) is 5.56 Å². The zero-order valence-corrected chi connectivity index (χ0v) is 8.47. The quantitative estimate of drug-likeness (QED) is 0.526. The van der Waals surface area contributed by atoms with Gasteiger partial charge in [0.1, 0.15) is 0 Å². The Morgan fingerprint density at radius 2 is 1.81 bits per heavy atom. The Bertz CT molecular complexity index is 471. The molecule has 0 aromatic heterocycles. The second-order valence-electron chi connectivity index (χ2n) is 3.65. The molecular weight excluding hydrogens is 206 g/mol. The van der Waals surface area contributed by atoms with E-state index in [1.165, 1.54) is 0 Å². The topological polar surface area (TPSA) is 67.2 Å². The van der Waals surface area contributed by atoms with E-state index < -0.39 is 11.9 Å². The number of nitriles is 1. The van der Waals surface area contributed by atoms with Gasteiger partial charge in [0.25, 0.3) is 0 Å². The number of rotatable bonds is 1. The summed E-state index contributed by atoms with van der Waals surface area (Å²) in [5.74, 6) is -1.27. The van der Waals surface area contributed by atoms with Gasteiger partial charge in [-0.3, -0.25) is 9.59 Å². The lowest BCUT2D eigenvalue weighted by Gasteiger charge is -2.20. The summed E-state index contributed by atoms with van der Waals surface area (Å²) < 4.78 is 4.45. The molecule has 0 unspecified atom stereocenters. The molecule has 0 radical (unpaired) electrons. The van der Waals surface area contributed by atoms with E-state index in [-0.39, 0.29) is 18.8 Å². The summed E-state index contributed by atoms with van der Waals surface area (Å²) in [6, 6.07) is 9.06. The molecule has 0 amide bonds. The van der Waals surface area contributed by atoms with E-state index >= 15 is 0 Å². The first kappa shape index (κ1) is 10.4. The Hall–Kier alpha value is -2.15. The SMILES string of the molecule is N#Cc1ccccc1C1CC(=O)OC(=O)C1. The molecule has 0 saturated carbocycles. The van der Waals surface area contributed by atoms with Gasteiger partial charge < -0.3 is 4.74 Å². The standard InChI is InChI=1S/C12H9NO3/c13-7-8-3-1-2-4-10(8)9-5-11(14)16-12(15)6-9/h1-4,9H,5-6H2. The molecule has 0 bridgehead atoms. The molecule has 0 spiro atoms. The molecular formula is C12H9NO3. The van der Waals surface area contributed by atoms with Gasteiger partial charge in [0.2, 0.25) is 0 Å². The number of benzene rings is 1. The molecule has 2 rings (SSSR count). The van der Waals surface area contributed by atoms with Gasteiger partial charge in [-0.2, -0.15) is 5.26 Å². The maximum atomic E-state index is 11.1. The molecule has 1 aromatic rings. The van der Waals surface area contributed by atoms with Crippen LogP contribution in [-0.2, 0) is 14.3 Å². The van der Waals surface area contributed by atoms with E-state index in [2.05, 4.69) is 10.8 Å². The smallest absolute Gasteiger partial charge is 0.314 e. The molecule has 0 aliphatic carbocycles. The summed E-state index contributed by atoms with van der Waals surface area (Å²) in [6.07, 6.45) is 0.314. The van der Waals surface area contributed by atoms with E-state index in [4.69, 9.17) is 5.26 Å². The summed E-state index contributed by atoms with van der Waals surface area (Å²) >= 11 is 0. The third kappa shape index (κ3) is 1.94. The molecule has 1 saturated heterocycles. The maximum absolute atomic E-state index is 11.1. The molecule has 4 heteroatoms. The molecule has 1 aromatic carbocycles. The molecule has 80 valence electrons. The van der Waals surface area contributed by atoms with Gasteiger partial charge in [-0.1, -0.05) is 18.2 Å². The zero-order chi connectivity index (χ0) is 11.5. The molecule has 0 atom stereocenters. The molecule has 0 N–H and O–H groups in total. The highest BCUT2D eigenvalue weighted by molar-refractivity contribution is 5.89. The van der Waals surface area contributed by atoms with Crippen molar-refractivity contribution in [3.63, 3.8) is 0 Å². The van der Waals surface area contributed by atoms with Crippen LogP contribution in [0.3, 0.4) is 0 Å². The third-order valence-electron chi connectivity index (χ3n) is 2.57. The second kappa shape index (κ2) is 4.15. The normalized spacial score (nSPS) is 16.7. The van der Waals surface area contributed by atoms with Crippen molar-refractivity contribution < 1.29 is 14.3 Å². The Kier molecular flexibility index (Phi) is 2.69. The number of cyclic esters (lactones) is 2. The number of ether oxygens (including phenoxy) is 1. The van der Waals surface area contributed by atoms with Gasteiger partial charge in [-0.15, -0.1) is 0 Å². The third-order valence-corrected chi connectivity index (χ3v) is 2.57. The Morgan fingerprint density at radius 3 is 2.44 bits per heavy atom. The van der Waals surface area contributed by atoms with Gasteiger partial charge in [-0.05, 0) is 11.6 Å². The number of carbonyl (C=O) groups is 2. The van der Waals surface area contributed by atoms with E-state index in [1.807, 2.05) is 0 Å². The van der Waals surface area contributed by atoms with E-state index in [9.17, 15) is 9.59 Å². The molecule has 4 nitrogen and oxygen atoms in total. The van der Waals surface area contributed by atoms with Gasteiger partial charge in [0.15, 0.2) is 0 Å². The largest absolute Gasteiger partial charge is 0.393 e. The maximum Gasteiger partial charge on any atom is 0.314 e.